The first-order valence-corrected chi connectivity index (χ1v) is 6.87. The predicted octanol–water partition coefficient (Wildman–Crippen LogP) is -0.330. The van der Waals surface area contributed by atoms with Gasteiger partial charge in [-0.1, -0.05) is 0 Å². The van der Waals surface area contributed by atoms with Gasteiger partial charge in [-0.25, -0.2) is 0 Å². The first-order chi connectivity index (χ1) is 9.27. The van der Waals surface area contributed by atoms with Crippen LogP contribution in [0.5, 0.6) is 0 Å². The predicted molar refractivity (Wildman–Crippen MR) is 72.6 cm³/mol. The molecule has 0 atom stereocenters. The van der Waals surface area contributed by atoms with Gasteiger partial charge >= 0.3 is 0 Å². The average Bonchev–Trinajstić information content (AvgIpc) is 2.46. The fourth-order valence-electron chi connectivity index (χ4n) is 2.02. The summed E-state index contributed by atoms with van der Waals surface area (Å²) in [6.45, 7) is 6.17. The number of nitrogens with one attached hydrogen (secondary N) is 1. The van der Waals surface area contributed by atoms with Gasteiger partial charge in [0.15, 0.2) is 0 Å². The number of carbonyl (C=O) groups excluding carboxylic acids is 1. The van der Waals surface area contributed by atoms with Crippen LogP contribution < -0.4 is 5.32 Å². The maximum absolute atomic E-state index is 12.0. The first-order valence-electron chi connectivity index (χ1n) is 6.87. The minimum absolute atomic E-state index is 0.123. The second-order valence-electron chi connectivity index (χ2n) is 4.60. The van der Waals surface area contributed by atoms with Crippen molar-refractivity contribution < 1.29 is 9.53 Å². The zero-order valence-electron chi connectivity index (χ0n) is 11.7. The number of nitrogens with zero attached hydrogens (tertiary/aromatic N) is 3. The first kappa shape index (κ1) is 15.9. The maximum Gasteiger partial charge on any atom is 0.223 e. The number of amides is 1. The van der Waals surface area contributed by atoms with E-state index in [0.29, 0.717) is 32.5 Å². The molecule has 6 heteroatoms. The summed E-state index contributed by atoms with van der Waals surface area (Å²) < 4.78 is 5.30. The van der Waals surface area contributed by atoms with E-state index in [1.54, 1.807) is 4.90 Å². The highest BCUT2D eigenvalue weighted by Crippen LogP contribution is 2.00. The molecule has 19 heavy (non-hydrogen) atoms. The molecule has 1 rings (SSSR count). The van der Waals surface area contributed by atoms with Gasteiger partial charge in [0, 0.05) is 45.7 Å². The second kappa shape index (κ2) is 9.73. The van der Waals surface area contributed by atoms with Gasteiger partial charge in [0.1, 0.15) is 0 Å². The van der Waals surface area contributed by atoms with Crippen molar-refractivity contribution in [3.63, 3.8) is 0 Å². The van der Waals surface area contributed by atoms with Gasteiger partial charge in [0.2, 0.25) is 5.91 Å². The molecule has 108 valence electrons. The van der Waals surface area contributed by atoms with Crippen LogP contribution in [0.25, 0.3) is 0 Å². The number of hydrogen-bond acceptors (Lipinski definition) is 5. The Kier molecular flexibility index (Phi) is 8.14. The van der Waals surface area contributed by atoms with Crippen LogP contribution in [0.15, 0.2) is 0 Å². The van der Waals surface area contributed by atoms with Crippen LogP contribution in [0.2, 0.25) is 0 Å². The van der Waals surface area contributed by atoms with Crippen LogP contribution in [0.1, 0.15) is 12.8 Å². The number of nitriles is 1. The molecule has 0 radical (unpaired) electrons. The van der Waals surface area contributed by atoms with Crippen molar-refractivity contribution in [1.29, 1.82) is 5.26 Å². The number of hydrogen-bond donors (Lipinski definition) is 1. The van der Waals surface area contributed by atoms with E-state index in [2.05, 4.69) is 16.3 Å². The lowest BCUT2D eigenvalue weighted by atomic mass is 10.3. The van der Waals surface area contributed by atoms with Crippen molar-refractivity contribution in [2.24, 2.45) is 0 Å². The van der Waals surface area contributed by atoms with Gasteiger partial charge in [0.25, 0.3) is 0 Å². The molecule has 1 N–H and O–H groups in total. The van der Waals surface area contributed by atoms with E-state index < -0.39 is 0 Å². The van der Waals surface area contributed by atoms with Gasteiger partial charge in [-0.3, -0.25) is 9.69 Å². The average molecular weight is 268 g/mol. The molecule has 0 aromatic rings. The molecule has 1 saturated heterocycles. The quantitative estimate of drug-likeness (QED) is 0.653. The van der Waals surface area contributed by atoms with E-state index in [1.807, 2.05) is 7.05 Å². The molecule has 0 saturated carbocycles. The number of carbonyl (C=O) groups is 1. The third kappa shape index (κ3) is 6.53. The molecular formula is C13H24N4O2. The highest BCUT2D eigenvalue weighted by atomic mass is 16.5. The third-order valence-corrected chi connectivity index (χ3v) is 3.22. The molecular weight excluding hydrogens is 244 g/mol. The SMILES string of the molecule is CNCCC(=O)N(CCC#N)CCN1CCOCC1. The molecule has 1 fully saturated rings. The summed E-state index contributed by atoms with van der Waals surface area (Å²) >= 11 is 0. The van der Waals surface area contributed by atoms with E-state index in [9.17, 15) is 4.79 Å². The van der Waals surface area contributed by atoms with Crippen LogP contribution in [0.4, 0.5) is 0 Å². The molecule has 1 heterocycles. The van der Waals surface area contributed by atoms with E-state index in [0.717, 1.165) is 32.8 Å². The summed E-state index contributed by atoms with van der Waals surface area (Å²) in [6, 6.07) is 2.10. The van der Waals surface area contributed by atoms with E-state index >= 15 is 0 Å². The van der Waals surface area contributed by atoms with Gasteiger partial charge in [-0.15, -0.1) is 0 Å². The number of rotatable bonds is 8. The molecule has 0 bridgehead atoms. The van der Waals surface area contributed by atoms with E-state index in [-0.39, 0.29) is 5.91 Å². The van der Waals surface area contributed by atoms with E-state index in [4.69, 9.17) is 10.00 Å². The highest BCUT2D eigenvalue weighted by molar-refractivity contribution is 5.76. The highest BCUT2D eigenvalue weighted by Gasteiger charge is 2.15. The fraction of sp³-hybridized carbons (Fsp3) is 0.846. The van der Waals surface area contributed by atoms with Crippen molar-refractivity contribution in [2.75, 3.05) is 59.5 Å². The maximum atomic E-state index is 12.0. The monoisotopic (exact) mass is 268 g/mol. The lowest BCUT2D eigenvalue weighted by Gasteiger charge is -2.30. The van der Waals surface area contributed by atoms with Crippen LogP contribution in [0, 0.1) is 11.3 Å². The van der Waals surface area contributed by atoms with Crippen molar-refractivity contribution in [3.05, 3.63) is 0 Å². The third-order valence-electron chi connectivity index (χ3n) is 3.22. The molecule has 1 amide bonds. The van der Waals surface area contributed by atoms with E-state index in [1.165, 1.54) is 0 Å². The summed E-state index contributed by atoms with van der Waals surface area (Å²) in [7, 11) is 1.83. The number of morpholine rings is 1. The molecule has 0 spiro atoms. The van der Waals surface area contributed by atoms with Crippen molar-refractivity contribution >= 4 is 5.91 Å². The van der Waals surface area contributed by atoms with Crippen LogP contribution in [-0.2, 0) is 9.53 Å². The lowest BCUT2D eigenvalue weighted by Crippen LogP contribution is -2.43. The fourth-order valence-corrected chi connectivity index (χ4v) is 2.02. The van der Waals surface area contributed by atoms with Gasteiger partial charge < -0.3 is 15.0 Å². The van der Waals surface area contributed by atoms with Gasteiger partial charge in [0.05, 0.1) is 25.7 Å². The second-order valence-corrected chi connectivity index (χ2v) is 4.60. The summed E-state index contributed by atoms with van der Waals surface area (Å²) in [5.41, 5.74) is 0. The summed E-state index contributed by atoms with van der Waals surface area (Å²) in [5, 5.41) is 11.6. The molecule has 0 aromatic heterocycles. The van der Waals surface area contributed by atoms with Gasteiger partial charge in [-0.2, -0.15) is 5.26 Å². The lowest BCUT2D eigenvalue weighted by molar-refractivity contribution is -0.131. The number of ether oxygens (including phenoxy) is 1. The van der Waals surface area contributed by atoms with Gasteiger partial charge in [-0.05, 0) is 7.05 Å². The van der Waals surface area contributed by atoms with Crippen LogP contribution >= 0.6 is 0 Å². The standard InChI is InChI=1S/C13H24N4O2/c1-15-5-3-13(18)17(6-2-4-14)8-7-16-9-11-19-12-10-16/h15H,2-3,5-12H2,1H3. The Balaban J connectivity index is 2.34. The zero-order valence-corrected chi connectivity index (χ0v) is 11.7. The Morgan fingerprint density at radius 2 is 2.16 bits per heavy atom. The summed E-state index contributed by atoms with van der Waals surface area (Å²) in [6.07, 6.45) is 0.888. The Hall–Kier alpha value is -1.16. The normalized spacial score (nSPS) is 16.0. The Morgan fingerprint density at radius 3 is 2.79 bits per heavy atom. The van der Waals surface area contributed by atoms with Crippen molar-refractivity contribution in [3.8, 4) is 6.07 Å². The molecule has 0 aromatic carbocycles. The molecule has 0 unspecified atom stereocenters. The minimum Gasteiger partial charge on any atom is -0.379 e. The minimum atomic E-state index is 0.123. The Morgan fingerprint density at radius 1 is 1.42 bits per heavy atom. The zero-order chi connectivity index (χ0) is 13.9. The molecule has 1 aliphatic heterocycles. The van der Waals surface area contributed by atoms with Crippen LogP contribution in [-0.4, -0.2) is 75.2 Å². The summed E-state index contributed by atoms with van der Waals surface area (Å²) in [4.78, 5) is 16.1. The summed E-state index contributed by atoms with van der Waals surface area (Å²) in [5.74, 6) is 0.123. The molecule has 1 aliphatic rings. The smallest absolute Gasteiger partial charge is 0.223 e. The Bertz CT molecular complexity index is 298. The Labute approximate surface area is 115 Å². The van der Waals surface area contributed by atoms with Crippen molar-refractivity contribution in [2.45, 2.75) is 12.8 Å². The largest absolute Gasteiger partial charge is 0.379 e. The van der Waals surface area contributed by atoms with Crippen molar-refractivity contribution in [1.82, 2.24) is 15.1 Å². The topological polar surface area (TPSA) is 68.6 Å². The van der Waals surface area contributed by atoms with Crippen LogP contribution in [0.3, 0.4) is 0 Å². The molecule has 0 aliphatic carbocycles. The molecule has 6 nitrogen and oxygen atoms in total.